The van der Waals surface area contributed by atoms with Gasteiger partial charge in [0, 0.05) is 48.6 Å². The Morgan fingerprint density at radius 2 is 0.855 bits per heavy atom. The van der Waals surface area contributed by atoms with Gasteiger partial charge in [-0.3, -0.25) is 0 Å². The largest absolute Gasteiger partial charge is 0.308 e. The van der Waals surface area contributed by atoms with Gasteiger partial charge in [-0.05, 0) is 69.8 Å². The van der Waals surface area contributed by atoms with E-state index < -0.39 is 0 Å². The molecule has 0 radical (unpaired) electrons. The number of aromatic nitrogens is 4. The minimum Gasteiger partial charge on any atom is -0.308 e. The highest BCUT2D eigenvalue weighted by molar-refractivity contribution is 7.26. The minimum absolute atomic E-state index is 0.624. The first kappa shape index (κ1) is 35.9. The summed E-state index contributed by atoms with van der Waals surface area (Å²) in [5, 5.41) is 5.02. The Hall–Kier alpha value is -7.99. The summed E-state index contributed by atoms with van der Waals surface area (Å²) in [5.41, 5.74) is 13.1. The van der Waals surface area contributed by atoms with E-state index in [0.717, 1.165) is 44.6 Å². The molecule has 0 N–H and O–H groups in total. The quantitative estimate of drug-likeness (QED) is 0.161. The molecule has 0 saturated carbocycles. The summed E-state index contributed by atoms with van der Waals surface area (Å²) in [6.45, 7) is 0. The van der Waals surface area contributed by atoms with Gasteiger partial charge in [-0.25, -0.2) is 15.0 Å². The van der Waals surface area contributed by atoms with Crippen LogP contribution in [0.1, 0.15) is 0 Å². The van der Waals surface area contributed by atoms with Crippen molar-refractivity contribution in [3.8, 4) is 73.2 Å². The van der Waals surface area contributed by atoms with Crippen LogP contribution in [0.15, 0.2) is 218 Å². The van der Waals surface area contributed by atoms with Crippen LogP contribution >= 0.6 is 11.3 Å². The fourth-order valence-corrected chi connectivity index (χ4v) is 10.2. The summed E-state index contributed by atoms with van der Waals surface area (Å²) < 4.78 is 4.94. The lowest BCUT2D eigenvalue weighted by Crippen LogP contribution is -2.01. The van der Waals surface area contributed by atoms with Crippen molar-refractivity contribution in [3.63, 3.8) is 0 Å². The molecule has 0 bridgehead atoms. The average molecular weight is 809 g/mol. The molecule has 3 heterocycles. The van der Waals surface area contributed by atoms with Gasteiger partial charge in [-0.1, -0.05) is 182 Å². The Labute approximate surface area is 362 Å². The number of hydrogen-bond acceptors (Lipinski definition) is 4. The predicted molar refractivity (Wildman–Crippen MR) is 260 cm³/mol. The number of benzene rings is 9. The van der Waals surface area contributed by atoms with Crippen LogP contribution in [0.5, 0.6) is 0 Å². The molecule has 0 aliphatic heterocycles. The minimum atomic E-state index is 0.624. The normalized spacial score (nSPS) is 11.5. The van der Waals surface area contributed by atoms with Gasteiger partial charge in [0.1, 0.15) is 0 Å². The third-order valence-corrected chi connectivity index (χ3v) is 13.0. The van der Waals surface area contributed by atoms with Gasteiger partial charge in [-0.15, -0.1) is 11.3 Å². The van der Waals surface area contributed by atoms with E-state index in [1.54, 1.807) is 0 Å². The summed E-state index contributed by atoms with van der Waals surface area (Å²) in [6.07, 6.45) is 0. The molecule has 62 heavy (non-hydrogen) atoms. The molecule has 0 amide bonds. The number of nitrogens with zero attached hydrogens (tertiary/aromatic N) is 4. The Bertz CT molecular complexity index is 3560. The highest BCUT2D eigenvalue weighted by Crippen LogP contribution is 2.45. The van der Waals surface area contributed by atoms with Crippen LogP contribution in [0.2, 0.25) is 0 Å². The third kappa shape index (κ3) is 6.18. The average Bonchev–Trinajstić information content (AvgIpc) is 3.90. The zero-order chi connectivity index (χ0) is 41.0. The molecule has 0 spiro atoms. The molecule has 9 aromatic carbocycles. The first-order chi connectivity index (χ1) is 30.7. The Morgan fingerprint density at radius 3 is 1.56 bits per heavy atom. The first-order valence-corrected chi connectivity index (χ1v) is 21.7. The maximum atomic E-state index is 5.25. The molecule has 0 aliphatic carbocycles. The van der Waals surface area contributed by atoms with Gasteiger partial charge >= 0.3 is 0 Å². The molecule has 4 nitrogen and oxygen atoms in total. The van der Waals surface area contributed by atoms with E-state index >= 15 is 0 Å². The molecule has 5 heteroatoms. The van der Waals surface area contributed by atoms with Crippen LogP contribution in [0.4, 0.5) is 0 Å². The van der Waals surface area contributed by atoms with Crippen LogP contribution in [0, 0.1) is 0 Å². The molecular weight excluding hydrogens is 773 g/mol. The Kier molecular flexibility index (Phi) is 8.65. The maximum Gasteiger partial charge on any atom is 0.164 e. The van der Waals surface area contributed by atoms with E-state index in [1.165, 1.54) is 53.1 Å². The van der Waals surface area contributed by atoms with Crippen molar-refractivity contribution < 1.29 is 0 Å². The summed E-state index contributed by atoms with van der Waals surface area (Å²) in [5.74, 6) is 1.89. The fraction of sp³-hybridized carbons (Fsp3) is 0. The van der Waals surface area contributed by atoms with E-state index in [0.29, 0.717) is 17.5 Å². The summed E-state index contributed by atoms with van der Waals surface area (Å²) in [6, 6.07) is 77.4. The van der Waals surface area contributed by atoms with Gasteiger partial charge in [0.2, 0.25) is 0 Å². The molecule has 3 aromatic heterocycles. The number of hydrogen-bond donors (Lipinski definition) is 0. The molecule has 12 aromatic rings. The summed E-state index contributed by atoms with van der Waals surface area (Å²) in [4.78, 5) is 15.5. The van der Waals surface area contributed by atoms with E-state index in [9.17, 15) is 0 Å². The van der Waals surface area contributed by atoms with Gasteiger partial charge in [0.15, 0.2) is 17.5 Å². The zero-order valence-electron chi connectivity index (χ0n) is 33.5. The summed E-state index contributed by atoms with van der Waals surface area (Å²) in [7, 11) is 0. The van der Waals surface area contributed by atoms with E-state index in [4.69, 9.17) is 15.0 Å². The van der Waals surface area contributed by atoms with Crippen molar-refractivity contribution in [2.45, 2.75) is 0 Å². The second-order valence-electron chi connectivity index (χ2n) is 15.6. The van der Waals surface area contributed by atoms with Crippen LogP contribution in [-0.4, -0.2) is 19.5 Å². The summed E-state index contributed by atoms with van der Waals surface area (Å²) >= 11 is 1.86. The monoisotopic (exact) mass is 808 g/mol. The van der Waals surface area contributed by atoms with E-state index in [1.807, 2.05) is 47.7 Å². The maximum absolute atomic E-state index is 5.25. The van der Waals surface area contributed by atoms with Crippen LogP contribution in [-0.2, 0) is 0 Å². The van der Waals surface area contributed by atoms with Gasteiger partial charge < -0.3 is 4.57 Å². The van der Waals surface area contributed by atoms with Crippen molar-refractivity contribution >= 4 is 53.3 Å². The van der Waals surface area contributed by atoms with Gasteiger partial charge in [-0.2, -0.15) is 0 Å². The molecule has 12 rings (SSSR count). The highest BCUT2D eigenvalue weighted by atomic mass is 32.1. The number of rotatable bonds is 7. The molecule has 0 atom stereocenters. The van der Waals surface area contributed by atoms with Gasteiger partial charge in [0.25, 0.3) is 0 Å². The standard InChI is InChI=1S/C57H36N4S/c1-5-16-37(17-6-1)40-22-15-23-41(34-40)42-28-30-45(50(35-42)57-59-55(38-18-7-2-8-19-38)58-56(60-57)39-20-9-3-10-21-39)43-29-31-47-49-33-32-48-46-26-13-14-27-51(46)61(44-24-11-4-12-25-44)53(48)54(49)62-52(47)36-43/h1-36H. The van der Waals surface area contributed by atoms with Crippen molar-refractivity contribution in [2.75, 3.05) is 0 Å². The Balaban J connectivity index is 1.08. The molecule has 0 saturated heterocycles. The smallest absolute Gasteiger partial charge is 0.164 e. The SMILES string of the molecule is c1ccc(-c2cccc(-c3ccc(-c4ccc5c(c4)sc4c5ccc5c6ccccc6n(-c6ccccc6)c54)c(-c4nc(-c5ccccc5)nc(-c5ccccc5)n4)c3)c2)cc1. The fourth-order valence-electron chi connectivity index (χ4n) is 8.89. The van der Waals surface area contributed by atoms with E-state index in [-0.39, 0.29) is 0 Å². The number of thiophene rings is 1. The molecule has 290 valence electrons. The molecule has 0 fully saturated rings. The lowest BCUT2D eigenvalue weighted by Gasteiger charge is -2.15. The molecule has 0 unspecified atom stereocenters. The highest BCUT2D eigenvalue weighted by Gasteiger charge is 2.21. The predicted octanol–water partition coefficient (Wildman–Crippen LogP) is 15.3. The second kappa shape index (κ2) is 14.9. The Morgan fingerprint density at radius 1 is 0.323 bits per heavy atom. The molecule has 0 aliphatic rings. The topological polar surface area (TPSA) is 43.6 Å². The van der Waals surface area contributed by atoms with Crippen molar-refractivity contribution in [1.29, 1.82) is 0 Å². The number of fused-ring (bicyclic) bond motifs is 7. The van der Waals surface area contributed by atoms with Crippen molar-refractivity contribution in [2.24, 2.45) is 0 Å². The molecular formula is C57H36N4S. The second-order valence-corrected chi connectivity index (χ2v) is 16.6. The lowest BCUT2D eigenvalue weighted by molar-refractivity contribution is 1.07. The van der Waals surface area contributed by atoms with Crippen molar-refractivity contribution in [3.05, 3.63) is 218 Å². The zero-order valence-corrected chi connectivity index (χ0v) is 34.3. The third-order valence-electron chi connectivity index (χ3n) is 11.9. The lowest BCUT2D eigenvalue weighted by atomic mass is 9.92. The number of para-hydroxylation sites is 2. The van der Waals surface area contributed by atoms with Gasteiger partial charge in [0.05, 0.1) is 15.7 Å². The first-order valence-electron chi connectivity index (χ1n) is 20.8. The van der Waals surface area contributed by atoms with E-state index in [2.05, 4.69) is 187 Å². The van der Waals surface area contributed by atoms with Crippen LogP contribution in [0.3, 0.4) is 0 Å². The van der Waals surface area contributed by atoms with Crippen LogP contribution in [0.25, 0.3) is 115 Å². The van der Waals surface area contributed by atoms with Crippen molar-refractivity contribution in [1.82, 2.24) is 19.5 Å². The van der Waals surface area contributed by atoms with Crippen LogP contribution < -0.4 is 0 Å².